The zero-order valence-electron chi connectivity index (χ0n) is 12.1. The lowest BCUT2D eigenvalue weighted by atomic mass is 9.89. The second-order valence-corrected chi connectivity index (χ2v) is 6.54. The largest absolute Gasteiger partial charge is 0.478 e. The van der Waals surface area contributed by atoms with E-state index in [4.69, 9.17) is 0 Å². The van der Waals surface area contributed by atoms with Crippen molar-refractivity contribution >= 4 is 22.1 Å². The second-order valence-electron chi connectivity index (χ2n) is 5.64. The fraction of sp³-hybridized carbons (Fsp3) is 0.500. The molecule has 0 fully saturated rings. The molecule has 0 bridgehead atoms. The maximum Gasteiger partial charge on any atom is 0.337 e. The average molecular weight is 265 g/mol. The molecule has 1 aromatic rings. The Balaban J connectivity index is 3.37. The first-order chi connectivity index (χ1) is 8.19. The zero-order chi connectivity index (χ0) is 14.1. The molecule has 1 rings (SSSR count). The minimum Gasteiger partial charge on any atom is -0.478 e. The van der Waals surface area contributed by atoms with E-state index < -0.39 is 5.97 Å². The van der Waals surface area contributed by atoms with Gasteiger partial charge in [-0.3, -0.25) is 0 Å². The Kier molecular flexibility index (Phi) is 4.22. The summed E-state index contributed by atoms with van der Waals surface area (Å²) < 4.78 is 2.22. The topological polar surface area (TPSA) is 40.5 Å². The number of carboxylic acids is 1. The van der Waals surface area contributed by atoms with Crippen LogP contribution in [0.5, 0.6) is 0 Å². The summed E-state index contributed by atoms with van der Waals surface area (Å²) in [4.78, 5) is 11.4. The van der Waals surface area contributed by atoms with E-state index in [9.17, 15) is 9.90 Å². The predicted octanol–water partition coefficient (Wildman–Crippen LogP) is 2.21. The Labute approximate surface area is 112 Å². The molecule has 0 amide bonds. The minimum absolute atomic E-state index is 0.0392. The summed E-state index contributed by atoms with van der Waals surface area (Å²) in [7, 11) is 0.796. The molecule has 3 nitrogen and oxygen atoms in total. The first kappa shape index (κ1) is 14.8. The average Bonchev–Trinajstić information content (AvgIpc) is 2.27. The van der Waals surface area contributed by atoms with Gasteiger partial charge in [0.25, 0.3) is 0 Å². The highest BCUT2D eigenvalue weighted by atomic mass is 28.2. The Morgan fingerprint density at radius 2 is 1.94 bits per heavy atom. The van der Waals surface area contributed by atoms with E-state index in [2.05, 4.69) is 32.3 Å². The lowest BCUT2D eigenvalue weighted by molar-refractivity contribution is 0.0697. The molecule has 100 valence electrons. The number of benzene rings is 1. The second kappa shape index (κ2) is 5.14. The highest BCUT2D eigenvalue weighted by molar-refractivity contribution is 6.20. The summed E-state index contributed by atoms with van der Waals surface area (Å²) >= 11 is 0. The van der Waals surface area contributed by atoms with E-state index in [1.807, 2.05) is 13.0 Å². The van der Waals surface area contributed by atoms with Gasteiger partial charge in [0.1, 0.15) is 10.4 Å². The molecule has 0 heterocycles. The Hall–Kier alpha value is -1.29. The smallest absolute Gasteiger partial charge is 0.337 e. The van der Waals surface area contributed by atoms with Gasteiger partial charge in [0.15, 0.2) is 0 Å². The number of nitrogens with zero attached hydrogens (tertiary/aromatic N) is 1. The number of para-hydroxylation sites is 1. The monoisotopic (exact) mass is 265 g/mol. The van der Waals surface area contributed by atoms with Gasteiger partial charge in [-0.05, 0) is 38.3 Å². The molecule has 1 N–H and O–H groups in total. The molecule has 18 heavy (non-hydrogen) atoms. The predicted molar refractivity (Wildman–Crippen MR) is 79.5 cm³/mol. The molecule has 0 unspecified atom stereocenters. The van der Waals surface area contributed by atoms with Crippen LogP contribution in [0.2, 0.25) is 0 Å². The molecule has 0 radical (unpaired) electrons. The fourth-order valence-corrected chi connectivity index (χ4v) is 3.06. The Bertz CT molecular complexity index is 455. The summed E-state index contributed by atoms with van der Waals surface area (Å²) in [5.41, 5.74) is 2.26. The molecule has 0 spiro atoms. The molecular weight excluding hydrogens is 242 g/mol. The van der Waals surface area contributed by atoms with Gasteiger partial charge in [0.05, 0.1) is 5.56 Å². The van der Waals surface area contributed by atoms with Crippen molar-refractivity contribution < 1.29 is 9.90 Å². The van der Waals surface area contributed by atoms with Gasteiger partial charge < -0.3 is 9.67 Å². The van der Waals surface area contributed by atoms with Gasteiger partial charge in [-0.15, -0.1) is 0 Å². The first-order valence-electron chi connectivity index (χ1n) is 6.26. The quantitative estimate of drug-likeness (QED) is 0.849. The van der Waals surface area contributed by atoms with Crippen molar-refractivity contribution in [3.8, 4) is 0 Å². The number of anilines is 1. The highest BCUT2D eigenvalue weighted by Gasteiger charge is 2.30. The maximum absolute atomic E-state index is 11.4. The van der Waals surface area contributed by atoms with Crippen LogP contribution in [0.4, 0.5) is 5.69 Å². The molecule has 4 heteroatoms. The van der Waals surface area contributed by atoms with Crippen LogP contribution >= 0.6 is 0 Å². The number of carboxylic acid groups (broad SMARTS) is 1. The third-order valence-electron chi connectivity index (χ3n) is 4.08. The molecule has 0 aliphatic carbocycles. The van der Waals surface area contributed by atoms with Crippen molar-refractivity contribution in [2.45, 2.75) is 40.2 Å². The fourth-order valence-electron chi connectivity index (χ4n) is 1.95. The van der Waals surface area contributed by atoms with E-state index in [1.54, 1.807) is 12.1 Å². The summed E-state index contributed by atoms with van der Waals surface area (Å²) in [6.45, 7) is 10.7. The van der Waals surface area contributed by atoms with Crippen LogP contribution in [0.25, 0.3) is 0 Å². The van der Waals surface area contributed by atoms with Crippen molar-refractivity contribution in [1.82, 2.24) is 0 Å². The molecule has 0 aliphatic rings. The molecule has 0 aromatic heterocycles. The van der Waals surface area contributed by atoms with Gasteiger partial charge in [-0.1, -0.05) is 26.0 Å². The van der Waals surface area contributed by atoms with Crippen LogP contribution in [-0.4, -0.2) is 27.0 Å². The maximum atomic E-state index is 11.4. The minimum atomic E-state index is -0.853. The van der Waals surface area contributed by atoms with Gasteiger partial charge in [0.2, 0.25) is 0 Å². The highest BCUT2D eigenvalue weighted by Crippen LogP contribution is 2.32. The van der Waals surface area contributed by atoms with Crippen molar-refractivity contribution in [2.24, 2.45) is 5.92 Å². The third kappa shape index (κ3) is 2.58. The van der Waals surface area contributed by atoms with Crippen LogP contribution in [0.3, 0.4) is 0 Å². The van der Waals surface area contributed by atoms with Crippen molar-refractivity contribution in [1.29, 1.82) is 0 Å². The van der Waals surface area contributed by atoms with Crippen molar-refractivity contribution in [3.63, 3.8) is 0 Å². The zero-order valence-corrected chi connectivity index (χ0v) is 14.1. The number of hydrogen-bond acceptors (Lipinski definition) is 2. The van der Waals surface area contributed by atoms with Crippen LogP contribution in [0, 0.1) is 12.8 Å². The SMILES string of the molecule is Cc1cccc(C(=O)O)c1N([SiH3])C(C)(C)C(C)C. The van der Waals surface area contributed by atoms with Crippen LogP contribution in [-0.2, 0) is 0 Å². The van der Waals surface area contributed by atoms with E-state index in [0.717, 1.165) is 21.7 Å². The van der Waals surface area contributed by atoms with E-state index in [1.165, 1.54) is 0 Å². The molecule has 0 saturated heterocycles. The standard InChI is InChI=1S/C14H23NO2Si/c1-9(2)14(4,5)15(18)12-10(3)7-6-8-11(12)13(16)17/h6-9H,1-5,18H3,(H,16,17). The van der Waals surface area contributed by atoms with Crippen LogP contribution in [0.1, 0.15) is 43.6 Å². The molecule has 0 atom stereocenters. The number of carbonyl (C=O) groups is 1. The molecule has 0 aliphatic heterocycles. The van der Waals surface area contributed by atoms with Gasteiger partial charge in [0, 0.05) is 11.2 Å². The summed E-state index contributed by atoms with van der Waals surface area (Å²) in [5.74, 6) is -0.398. The summed E-state index contributed by atoms with van der Waals surface area (Å²) in [6.07, 6.45) is 0. The van der Waals surface area contributed by atoms with Gasteiger partial charge in [-0.2, -0.15) is 0 Å². The van der Waals surface area contributed by atoms with Crippen molar-refractivity contribution in [2.75, 3.05) is 4.57 Å². The lowest BCUT2D eigenvalue weighted by Crippen LogP contribution is -2.47. The number of aromatic carboxylic acids is 1. The summed E-state index contributed by atoms with van der Waals surface area (Å²) in [6, 6.07) is 5.47. The van der Waals surface area contributed by atoms with E-state index in [-0.39, 0.29) is 5.54 Å². The van der Waals surface area contributed by atoms with Crippen LogP contribution in [0.15, 0.2) is 18.2 Å². The summed E-state index contributed by atoms with van der Waals surface area (Å²) in [5, 5.41) is 9.33. The molecule has 0 saturated carbocycles. The van der Waals surface area contributed by atoms with E-state index in [0.29, 0.717) is 11.5 Å². The van der Waals surface area contributed by atoms with Gasteiger partial charge in [-0.25, -0.2) is 4.79 Å². The molecule has 1 aromatic carbocycles. The number of rotatable bonds is 4. The Morgan fingerprint density at radius 3 is 2.39 bits per heavy atom. The number of aryl methyl sites for hydroxylation is 1. The number of hydrogen-bond donors (Lipinski definition) is 1. The molecular formula is C14H23NO2Si. The lowest BCUT2D eigenvalue weighted by Gasteiger charge is -2.43. The van der Waals surface area contributed by atoms with Crippen LogP contribution < -0.4 is 4.57 Å². The van der Waals surface area contributed by atoms with E-state index >= 15 is 0 Å². The Morgan fingerprint density at radius 1 is 1.39 bits per heavy atom. The first-order valence-corrected chi connectivity index (χ1v) is 7.15. The van der Waals surface area contributed by atoms with Crippen molar-refractivity contribution in [3.05, 3.63) is 29.3 Å². The normalized spacial score (nSPS) is 11.9. The third-order valence-corrected chi connectivity index (χ3v) is 5.68. The van der Waals surface area contributed by atoms with Gasteiger partial charge >= 0.3 is 5.97 Å².